The Morgan fingerprint density at radius 1 is 1.04 bits per heavy atom. The van der Waals surface area contributed by atoms with Gasteiger partial charge < -0.3 is 19.7 Å². The van der Waals surface area contributed by atoms with E-state index >= 15 is 0 Å². The fourth-order valence-corrected chi connectivity index (χ4v) is 4.40. The molecule has 0 aromatic heterocycles. The molecule has 1 saturated heterocycles. The monoisotopic (exact) mass is 389 g/mol. The Hall–Kier alpha value is -2.28. The van der Waals surface area contributed by atoms with E-state index in [1.165, 1.54) is 12.8 Å². The third kappa shape index (κ3) is 4.58. The van der Waals surface area contributed by atoms with Crippen molar-refractivity contribution in [2.45, 2.75) is 38.6 Å². The average Bonchev–Trinajstić information content (AvgIpc) is 3.22. The summed E-state index contributed by atoms with van der Waals surface area (Å²) < 4.78 is 10.6. The van der Waals surface area contributed by atoms with E-state index in [1.807, 2.05) is 11.0 Å². The van der Waals surface area contributed by atoms with Crippen LogP contribution in [-0.4, -0.2) is 68.1 Å². The third-order valence-electron chi connectivity index (χ3n) is 5.92. The summed E-state index contributed by atoms with van der Waals surface area (Å²) in [5.41, 5.74) is 0.702. The Morgan fingerprint density at radius 2 is 1.68 bits per heavy atom. The molecule has 2 aliphatic rings. The number of piperazine rings is 1. The zero-order chi connectivity index (χ0) is 20.1. The highest BCUT2D eigenvalue weighted by atomic mass is 16.5. The second kappa shape index (κ2) is 9.28. The van der Waals surface area contributed by atoms with Crippen LogP contribution in [0.1, 0.15) is 32.6 Å². The number of hydrogen-bond acceptors (Lipinski definition) is 5. The number of carbonyl (C=O) groups excluding carboxylic acids is 2. The molecule has 1 aromatic carbocycles. The smallest absolute Gasteiger partial charge is 0.242 e. The van der Waals surface area contributed by atoms with Gasteiger partial charge in [0.2, 0.25) is 11.8 Å². The number of nitrogens with zero attached hydrogens (tertiary/aromatic N) is 2. The van der Waals surface area contributed by atoms with Crippen molar-refractivity contribution in [3.8, 4) is 11.5 Å². The Kier molecular flexibility index (Phi) is 6.78. The number of hydrogen-bond donors (Lipinski definition) is 1. The van der Waals surface area contributed by atoms with E-state index in [9.17, 15) is 9.59 Å². The van der Waals surface area contributed by atoms with Gasteiger partial charge in [0.1, 0.15) is 0 Å². The first-order chi connectivity index (χ1) is 13.5. The molecule has 3 rings (SSSR count). The summed E-state index contributed by atoms with van der Waals surface area (Å²) in [6, 6.07) is 5.25. The topological polar surface area (TPSA) is 71.1 Å². The van der Waals surface area contributed by atoms with E-state index in [0.717, 1.165) is 25.9 Å². The van der Waals surface area contributed by atoms with Crippen molar-refractivity contribution in [1.82, 2.24) is 9.80 Å². The van der Waals surface area contributed by atoms with Crippen LogP contribution < -0.4 is 14.8 Å². The van der Waals surface area contributed by atoms with Crippen molar-refractivity contribution in [2.24, 2.45) is 5.92 Å². The van der Waals surface area contributed by atoms with Gasteiger partial charge in [-0.1, -0.05) is 12.8 Å². The first kappa shape index (κ1) is 20.5. The molecular weight excluding hydrogens is 358 g/mol. The summed E-state index contributed by atoms with van der Waals surface area (Å²) in [6.07, 6.45) is 4.52. The van der Waals surface area contributed by atoms with Crippen molar-refractivity contribution in [2.75, 3.05) is 45.7 Å². The predicted octanol–water partition coefficient (Wildman–Crippen LogP) is 2.37. The number of benzene rings is 1. The van der Waals surface area contributed by atoms with Gasteiger partial charge in [-0.05, 0) is 30.9 Å². The number of methoxy groups -OCH3 is 2. The maximum atomic E-state index is 13.3. The minimum absolute atomic E-state index is 0.0235. The van der Waals surface area contributed by atoms with Gasteiger partial charge in [-0.15, -0.1) is 0 Å². The summed E-state index contributed by atoms with van der Waals surface area (Å²) in [7, 11) is 3.17. The minimum atomic E-state index is -0.162. The molecule has 1 atom stereocenters. The molecular formula is C21H31N3O4. The van der Waals surface area contributed by atoms with Gasteiger partial charge in [0.15, 0.2) is 11.5 Å². The van der Waals surface area contributed by atoms with Gasteiger partial charge in [-0.2, -0.15) is 0 Å². The molecule has 1 aromatic rings. The quantitative estimate of drug-likeness (QED) is 0.809. The second-order valence-electron chi connectivity index (χ2n) is 7.59. The number of anilines is 1. The highest BCUT2D eigenvalue weighted by Gasteiger charge is 2.37. The lowest BCUT2D eigenvalue weighted by atomic mass is 9.95. The Morgan fingerprint density at radius 3 is 2.25 bits per heavy atom. The van der Waals surface area contributed by atoms with Crippen LogP contribution in [0.15, 0.2) is 18.2 Å². The van der Waals surface area contributed by atoms with Gasteiger partial charge in [-0.3, -0.25) is 14.5 Å². The molecule has 28 heavy (non-hydrogen) atoms. The molecule has 7 heteroatoms. The van der Waals surface area contributed by atoms with E-state index in [2.05, 4.69) is 10.2 Å². The van der Waals surface area contributed by atoms with Crippen LogP contribution in [0.3, 0.4) is 0 Å². The summed E-state index contributed by atoms with van der Waals surface area (Å²) >= 11 is 0. The van der Waals surface area contributed by atoms with Crippen LogP contribution in [0.2, 0.25) is 0 Å². The SMILES string of the molecule is COc1ccc(NC(=O)[C@@H](C2CCCC2)N2CCN(C(C)=O)CC2)cc1OC. The molecule has 1 N–H and O–H groups in total. The third-order valence-corrected chi connectivity index (χ3v) is 5.92. The van der Waals surface area contributed by atoms with E-state index in [4.69, 9.17) is 9.47 Å². The Labute approximate surface area is 167 Å². The van der Waals surface area contributed by atoms with Crippen molar-refractivity contribution >= 4 is 17.5 Å². The number of carbonyl (C=O) groups is 2. The van der Waals surface area contributed by atoms with Crippen molar-refractivity contribution in [3.63, 3.8) is 0 Å². The lowest BCUT2D eigenvalue weighted by Gasteiger charge is -2.40. The van der Waals surface area contributed by atoms with Gasteiger partial charge in [0, 0.05) is 44.9 Å². The van der Waals surface area contributed by atoms with Gasteiger partial charge in [0.05, 0.1) is 20.3 Å². The molecule has 154 valence electrons. The highest BCUT2D eigenvalue weighted by molar-refractivity contribution is 5.95. The summed E-state index contributed by atoms with van der Waals surface area (Å²) in [5, 5.41) is 3.08. The first-order valence-corrected chi connectivity index (χ1v) is 10.1. The van der Waals surface area contributed by atoms with Gasteiger partial charge in [0.25, 0.3) is 0 Å². The molecule has 1 saturated carbocycles. The molecule has 1 heterocycles. The number of ether oxygens (including phenoxy) is 2. The molecule has 2 fully saturated rings. The summed E-state index contributed by atoms with van der Waals surface area (Å²) in [6.45, 7) is 4.44. The van der Waals surface area contributed by atoms with E-state index in [-0.39, 0.29) is 17.9 Å². The number of nitrogens with one attached hydrogen (secondary N) is 1. The highest BCUT2D eigenvalue weighted by Crippen LogP contribution is 2.33. The van der Waals surface area contributed by atoms with Crippen molar-refractivity contribution in [3.05, 3.63) is 18.2 Å². The molecule has 0 bridgehead atoms. The maximum absolute atomic E-state index is 13.3. The Bertz CT molecular complexity index is 695. The zero-order valence-electron chi connectivity index (χ0n) is 17.1. The normalized spacial score (nSPS) is 19.3. The largest absolute Gasteiger partial charge is 0.493 e. The lowest BCUT2D eigenvalue weighted by Crippen LogP contribution is -2.56. The molecule has 0 unspecified atom stereocenters. The second-order valence-corrected chi connectivity index (χ2v) is 7.59. The van der Waals surface area contributed by atoms with Crippen LogP contribution >= 0.6 is 0 Å². The van der Waals surface area contributed by atoms with E-state index in [0.29, 0.717) is 36.2 Å². The maximum Gasteiger partial charge on any atom is 0.242 e. The standard InChI is InChI=1S/C21H31N3O4/c1-15(25)23-10-12-24(13-11-23)20(16-6-4-5-7-16)21(26)22-17-8-9-18(27-2)19(14-17)28-3/h8-9,14,16,20H,4-7,10-13H2,1-3H3,(H,22,26)/t20-/m1/s1. The van der Waals surface area contributed by atoms with E-state index < -0.39 is 0 Å². The lowest BCUT2D eigenvalue weighted by molar-refractivity contribution is -0.132. The number of rotatable bonds is 6. The van der Waals surface area contributed by atoms with Gasteiger partial charge >= 0.3 is 0 Å². The molecule has 1 aliphatic heterocycles. The molecule has 2 amide bonds. The van der Waals surface area contributed by atoms with Crippen LogP contribution in [0.25, 0.3) is 0 Å². The summed E-state index contributed by atoms with van der Waals surface area (Å²) in [5.74, 6) is 1.72. The van der Waals surface area contributed by atoms with Crippen LogP contribution in [0.4, 0.5) is 5.69 Å². The number of amides is 2. The van der Waals surface area contributed by atoms with Crippen LogP contribution in [0.5, 0.6) is 11.5 Å². The predicted molar refractivity (Wildman–Crippen MR) is 108 cm³/mol. The average molecular weight is 389 g/mol. The summed E-state index contributed by atoms with van der Waals surface area (Å²) in [4.78, 5) is 29.0. The fourth-order valence-electron chi connectivity index (χ4n) is 4.40. The molecule has 0 radical (unpaired) electrons. The first-order valence-electron chi connectivity index (χ1n) is 10.1. The van der Waals surface area contributed by atoms with Crippen molar-refractivity contribution < 1.29 is 19.1 Å². The molecule has 0 spiro atoms. The molecule has 1 aliphatic carbocycles. The minimum Gasteiger partial charge on any atom is -0.493 e. The van der Waals surface area contributed by atoms with E-state index in [1.54, 1.807) is 33.3 Å². The van der Waals surface area contributed by atoms with Gasteiger partial charge in [-0.25, -0.2) is 0 Å². The van der Waals surface area contributed by atoms with Crippen LogP contribution in [0, 0.1) is 5.92 Å². The zero-order valence-corrected chi connectivity index (χ0v) is 17.1. The van der Waals surface area contributed by atoms with Crippen LogP contribution in [-0.2, 0) is 9.59 Å². The fraction of sp³-hybridized carbons (Fsp3) is 0.619. The Balaban J connectivity index is 1.73. The van der Waals surface area contributed by atoms with Crippen molar-refractivity contribution in [1.29, 1.82) is 0 Å². The molecule has 7 nitrogen and oxygen atoms in total.